The summed E-state index contributed by atoms with van der Waals surface area (Å²) in [6.07, 6.45) is 3.76. The smallest absolute Gasteiger partial charge is 0.304 e. The maximum absolute atomic E-state index is 14.0. The van der Waals surface area contributed by atoms with Crippen molar-refractivity contribution in [3.8, 4) is 5.75 Å². The molecular weight excluding hydrogens is 468 g/mol. The lowest BCUT2D eigenvalue weighted by molar-refractivity contribution is -0.136. The second-order valence-electron chi connectivity index (χ2n) is 8.20. The van der Waals surface area contributed by atoms with Crippen LogP contribution in [0.25, 0.3) is 23.1 Å². The number of fused-ring (bicyclic) bond motifs is 3. The highest BCUT2D eigenvalue weighted by Gasteiger charge is 2.25. The Bertz CT molecular complexity index is 1450. The van der Waals surface area contributed by atoms with Crippen molar-refractivity contribution in [3.05, 3.63) is 106 Å². The van der Waals surface area contributed by atoms with Crippen molar-refractivity contribution in [2.75, 3.05) is 5.75 Å². The van der Waals surface area contributed by atoms with E-state index in [2.05, 4.69) is 11.1 Å². The molecule has 4 aromatic rings. The zero-order valence-corrected chi connectivity index (χ0v) is 19.4. The normalized spacial score (nSPS) is 14.9. The maximum Gasteiger partial charge on any atom is 0.304 e. The Morgan fingerprint density at radius 2 is 1.91 bits per heavy atom. The van der Waals surface area contributed by atoms with E-state index < -0.39 is 17.6 Å². The van der Waals surface area contributed by atoms with Crippen LogP contribution in [0.15, 0.2) is 66.7 Å². The van der Waals surface area contributed by atoms with Gasteiger partial charge in [-0.2, -0.15) is 0 Å². The molecule has 0 aliphatic carbocycles. The van der Waals surface area contributed by atoms with Crippen LogP contribution in [-0.4, -0.2) is 21.8 Å². The van der Waals surface area contributed by atoms with Gasteiger partial charge in [0.15, 0.2) is 0 Å². The number of carboxylic acids is 1. The number of pyridine rings is 1. The van der Waals surface area contributed by atoms with Crippen molar-refractivity contribution in [1.29, 1.82) is 0 Å². The molecule has 2 heterocycles. The lowest BCUT2D eigenvalue weighted by atomic mass is 9.98. The summed E-state index contributed by atoms with van der Waals surface area (Å²) in [6.45, 7) is 0.447. The van der Waals surface area contributed by atoms with E-state index in [9.17, 15) is 13.6 Å². The van der Waals surface area contributed by atoms with E-state index in [0.29, 0.717) is 18.1 Å². The topological polar surface area (TPSA) is 59.4 Å². The molecule has 0 amide bonds. The van der Waals surface area contributed by atoms with Crippen molar-refractivity contribution >= 4 is 40.8 Å². The minimum absolute atomic E-state index is 0.0684. The fraction of sp³-hybridized carbons (Fsp3) is 0.143. The third-order valence-electron chi connectivity index (χ3n) is 5.83. The second-order valence-corrected chi connectivity index (χ2v) is 9.42. The van der Waals surface area contributed by atoms with Gasteiger partial charge in [-0.15, -0.1) is 11.8 Å². The first kappa shape index (κ1) is 23.1. The van der Waals surface area contributed by atoms with Crippen molar-refractivity contribution in [2.45, 2.75) is 18.3 Å². The second kappa shape index (κ2) is 9.88. The number of hydrogen-bond donors (Lipinski definition) is 1. The zero-order valence-electron chi connectivity index (χ0n) is 18.6. The highest BCUT2D eigenvalue weighted by atomic mass is 32.2. The lowest BCUT2D eigenvalue weighted by Gasteiger charge is -2.19. The molecule has 1 N–H and O–H groups in total. The van der Waals surface area contributed by atoms with E-state index in [1.165, 1.54) is 6.07 Å². The number of halogens is 2. The Balaban J connectivity index is 1.48. The van der Waals surface area contributed by atoms with E-state index in [1.54, 1.807) is 30.0 Å². The summed E-state index contributed by atoms with van der Waals surface area (Å²) in [5, 5.41) is 9.31. The van der Waals surface area contributed by atoms with Gasteiger partial charge in [-0.25, -0.2) is 13.8 Å². The van der Waals surface area contributed by atoms with Gasteiger partial charge in [0.1, 0.15) is 24.0 Å². The monoisotopic (exact) mass is 489 g/mol. The molecule has 0 radical (unpaired) electrons. The molecule has 176 valence electrons. The van der Waals surface area contributed by atoms with Crippen molar-refractivity contribution < 1.29 is 23.4 Å². The highest BCUT2D eigenvalue weighted by Crippen LogP contribution is 2.44. The number of carboxylic acid groups (broad SMARTS) is 1. The van der Waals surface area contributed by atoms with E-state index in [4.69, 9.17) is 9.84 Å². The standard InChI is InChI=1S/C28H21F2NO3S/c29-19-14-24(30)22-9-8-20(31-25(22)15-19)7-5-17-6-10-26-23(13-17)28(35-12-11-27(32)33)21-4-2-1-3-18(21)16-34-26/h1-10,13-15,28H,11-12,16H2,(H,32,33). The lowest BCUT2D eigenvalue weighted by Crippen LogP contribution is -2.03. The summed E-state index contributed by atoms with van der Waals surface area (Å²) in [5.74, 6) is -0.889. The van der Waals surface area contributed by atoms with Crippen LogP contribution in [-0.2, 0) is 11.4 Å². The number of aromatic nitrogens is 1. The number of thioether (sulfide) groups is 1. The molecule has 0 fully saturated rings. The van der Waals surface area contributed by atoms with Gasteiger partial charge >= 0.3 is 5.97 Å². The number of rotatable bonds is 6. The fourth-order valence-electron chi connectivity index (χ4n) is 4.14. The van der Waals surface area contributed by atoms with Crippen molar-refractivity contribution in [3.63, 3.8) is 0 Å². The number of carbonyl (C=O) groups is 1. The molecule has 0 spiro atoms. The Labute approximate surface area is 205 Å². The van der Waals surface area contributed by atoms with Gasteiger partial charge in [0.2, 0.25) is 0 Å². The minimum atomic E-state index is -0.824. The molecule has 1 atom stereocenters. The largest absolute Gasteiger partial charge is 0.489 e. The Morgan fingerprint density at radius 1 is 1.06 bits per heavy atom. The molecule has 3 aromatic carbocycles. The predicted molar refractivity (Wildman–Crippen MR) is 134 cm³/mol. The number of hydrogen-bond acceptors (Lipinski definition) is 4. The maximum atomic E-state index is 14.0. The predicted octanol–water partition coefficient (Wildman–Crippen LogP) is 6.87. The Hall–Kier alpha value is -3.71. The van der Waals surface area contributed by atoms with E-state index in [0.717, 1.165) is 34.1 Å². The van der Waals surface area contributed by atoms with Crippen LogP contribution in [0.4, 0.5) is 8.78 Å². The Kier molecular flexibility index (Phi) is 6.51. The SMILES string of the molecule is O=C(O)CCSC1c2ccccc2COc2ccc(C=Cc3ccc4c(F)cc(F)cc4n3)cc21. The minimum Gasteiger partial charge on any atom is -0.489 e. The average Bonchev–Trinajstić information content (AvgIpc) is 2.99. The van der Waals surface area contributed by atoms with Crippen molar-refractivity contribution in [1.82, 2.24) is 4.98 Å². The molecule has 5 rings (SSSR count). The van der Waals surface area contributed by atoms with Gasteiger partial charge in [-0.1, -0.05) is 36.4 Å². The van der Waals surface area contributed by atoms with Crippen LogP contribution in [0.2, 0.25) is 0 Å². The van der Waals surface area contributed by atoms with Crippen LogP contribution >= 0.6 is 11.8 Å². The molecule has 7 heteroatoms. The summed E-state index contributed by atoms with van der Waals surface area (Å²) in [7, 11) is 0. The van der Waals surface area contributed by atoms with Gasteiger partial charge in [-0.05, 0) is 47.0 Å². The molecule has 1 aliphatic rings. The molecule has 1 aromatic heterocycles. The van der Waals surface area contributed by atoms with Gasteiger partial charge in [0.25, 0.3) is 0 Å². The van der Waals surface area contributed by atoms with E-state index >= 15 is 0 Å². The number of benzene rings is 3. The van der Waals surface area contributed by atoms with E-state index in [1.807, 2.05) is 42.5 Å². The summed E-state index contributed by atoms with van der Waals surface area (Å²) < 4.78 is 33.6. The van der Waals surface area contributed by atoms with Gasteiger partial charge in [0, 0.05) is 28.8 Å². The first-order valence-electron chi connectivity index (χ1n) is 11.1. The number of ether oxygens (including phenoxy) is 1. The molecule has 4 nitrogen and oxygen atoms in total. The number of aliphatic carboxylic acids is 1. The van der Waals surface area contributed by atoms with Crippen LogP contribution in [0.3, 0.4) is 0 Å². The first-order chi connectivity index (χ1) is 17.0. The van der Waals surface area contributed by atoms with Crippen LogP contribution in [0.5, 0.6) is 5.75 Å². The molecule has 0 bridgehead atoms. The van der Waals surface area contributed by atoms with Crippen LogP contribution in [0.1, 0.15) is 39.6 Å². The summed E-state index contributed by atoms with van der Waals surface area (Å²) in [4.78, 5) is 15.5. The summed E-state index contributed by atoms with van der Waals surface area (Å²) >= 11 is 1.58. The third-order valence-corrected chi connectivity index (χ3v) is 7.11. The first-order valence-corrected chi connectivity index (χ1v) is 12.1. The Morgan fingerprint density at radius 3 is 2.77 bits per heavy atom. The third kappa shape index (κ3) is 5.05. The molecule has 0 saturated heterocycles. The van der Waals surface area contributed by atoms with Gasteiger partial charge in [0.05, 0.1) is 22.9 Å². The fourth-order valence-corrected chi connectivity index (χ4v) is 5.44. The molecule has 1 unspecified atom stereocenters. The van der Waals surface area contributed by atoms with Crippen molar-refractivity contribution in [2.24, 2.45) is 0 Å². The van der Waals surface area contributed by atoms with Crippen LogP contribution < -0.4 is 4.74 Å². The van der Waals surface area contributed by atoms with E-state index in [-0.39, 0.29) is 22.6 Å². The average molecular weight is 490 g/mol. The summed E-state index contributed by atoms with van der Waals surface area (Å²) in [6, 6.07) is 19.3. The van der Waals surface area contributed by atoms with Gasteiger partial charge in [-0.3, -0.25) is 4.79 Å². The van der Waals surface area contributed by atoms with Crippen LogP contribution in [0, 0.1) is 11.6 Å². The zero-order chi connectivity index (χ0) is 24.4. The molecule has 0 saturated carbocycles. The number of nitrogens with zero attached hydrogens (tertiary/aromatic N) is 1. The highest BCUT2D eigenvalue weighted by molar-refractivity contribution is 7.99. The molecule has 1 aliphatic heterocycles. The van der Waals surface area contributed by atoms with Gasteiger partial charge < -0.3 is 9.84 Å². The quantitative estimate of drug-likeness (QED) is 0.320. The molecular formula is C28H21F2NO3S. The molecule has 35 heavy (non-hydrogen) atoms. The summed E-state index contributed by atoms with van der Waals surface area (Å²) in [5.41, 5.74) is 4.90.